The number of nitrogens with one attached hydrogen (secondary N) is 2. The Hall–Kier alpha value is -1.29. The van der Waals surface area contributed by atoms with E-state index in [4.69, 9.17) is 4.42 Å². The average Bonchev–Trinajstić information content (AvgIpc) is 2.87. The minimum atomic E-state index is 0.149. The van der Waals surface area contributed by atoms with E-state index in [9.17, 15) is 4.79 Å². The van der Waals surface area contributed by atoms with Crippen molar-refractivity contribution < 1.29 is 9.21 Å². The predicted octanol–water partition coefficient (Wildman–Crippen LogP) is 1.08. The van der Waals surface area contributed by atoms with Gasteiger partial charge in [0, 0.05) is 31.5 Å². The molecule has 4 heteroatoms. The fraction of sp³-hybridized carbons (Fsp3) is 0.583. The average molecular weight is 222 g/mol. The zero-order valence-electron chi connectivity index (χ0n) is 9.53. The molecule has 1 aliphatic rings. The van der Waals surface area contributed by atoms with Gasteiger partial charge in [0.1, 0.15) is 5.76 Å². The largest absolute Gasteiger partial charge is 0.469 e. The standard InChI is InChI=1S/C12H18N2O2/c1-9(4-5-11-3-2-6-16-11)14-10-7-12(15)13-8-10/h2-3,6,9-10,14H,4-5,7-8H2,1H3,(H,13,15). The molecule has 2 rings (SSSR count). The third-order valence-electron chi connectivity index (χ3n) is 2.90. The van der Waals surface area contributed by atoms with Crippen molar-refractivity contribution in [2.24, 2.45) is 0 Å². The van der Waals surface area contributed by atoms with Crippen LogP contribution in [0.15, 0.2) is 22.8 Å². The second kappa shape index (κ2) is 5.16. The van der Waals surface area contributed by atoms with Gasteiger partial charge in [-0.2, -0.15) is 0 Å². The van der Waals surface area contributed by atoms with Crippen LogP contribution in [0.25, 0.3) is 0 Å². The number of furan rings is 1. The van der Waals surface area contributed by atoms with Crippen LogP contribution < -0.4 is 10.6 Å². The van der Waals surface area contributed by atoms with E-state index in [2.05, 4.69) is 17.6 Å². The smallest absolute Gasteiger partial charge is 0.221 e. The van der Waals surface area contributed by atoms with Crippen LogP contribution in [0, 0.1) is 0 Å². The van der Waals surface area contributed by atoms with Crippen molar-refractivity contribution in [3.8, 4) is 0 Å². The van der Waals surface area contributed by atoms with Crippen LogP contribution in [-0.4, -0.2) is 24.5 Å². The minimum absolute atomic E-state index is 0.149. The highest BCUT2D eigenvalue weighted by molar-refractivity contribution is 5.78. The van der Waals surface area contributed by atoms with Crippen LogP contribution in [0.5, 0.6) is 0 Å². The minimum Gasteiger partial charge on any atom is -0.469 e. The summed E-state index contributed by atoms with van der Waals surface area (Å²) >= 11 is 0. The maximum absolute atomic E-state index is 11.0. The van der Waals surface area contributed by atoms with Crippen LogP contribution in [0.4, 0.5) is 0 Å². The van der Waals surface area contributed by atoms with Crippen molar-refractivity contribution in [3.05, 3.63) is 24.2 Å². The zero-order chi connectivity index (χ0) is 11.4. The Morgan fingerprint density at radius 1 is 1.69 bits per heavy atom. The lowest BCUT2D eigenvalue weighted by atomic mass is 10.1. The van der Waals surface area contributed by atoms with Crippen LogP contribution in [0.3, 0.4) is 0 Å². The molecule has 0 saturated carbocycles. The van der Waals surface area contributed by atoms with E-state index in [-0.39, 0.29) is 5.91 Å². The molecule has 4 nitrogen and oxygen atoms in total. The lowest BCUT2D eigenvalue weighted by Crippen LogP contribution is -2.38. The first kappa shape index (κ1) is 11.2. The molecule has 88 valence electrons. The first-order chi connectivity index (χ1) is 7.74. The zero-order valence-corrected chi connectivity index (χ0v) is 9.53. The van der Waals surface area contributed by atoms with E-state index >= 15 is 0 Å². The molecule has 1 aromatic rings. The summed E-state index contributed by atoms with van der Waals surface area (Å²) in [4.78, 5) is 11.0. The molecule has 1 aliphatic heterocycles. The van der Waals surface area contributed by atoms with Gasteiger partial charge in [0.05, 0.1) is 6.26 Å². The van der Waals surface area contributed by atoms with Gasteiger partial charge in [0.25, 0.3) is 0 Å². The number of carbonyl (C=O) groups is 1. The predicted molar refractivity (Wildman–Crippen MR) is 61.0 cm³/mol. The molecule has 0 aliphatic carbocycles. The molecule has 2 atom stereocenters. The number of carbonyl (C=O) groups excluding carboxylic acids is 1. The summed E-state index contributed by atoms with van der Waals surface area (Å²) in [5.74, 6) is 1.17. The van der Waals surface area contributed by atoms with Gasteiger partial charge in [0.15, 0.2) is 0 Å². The Balaban J connectivity index is 1.68. The number of hydrogen-bond acceptors (Lipinski definition) is 3. The lowest BCUT2D eigenvalue weighted by Gasteiger charge is -2.17. The van der Waals surface area contributed by atoms with Gasteiger partial charge in [-0.3, -0.25) is 4.79 Å². The molecule has 16 heavy (non-hydrogen) atoms. The van der Waals surface area contributed by atoms with Crippen molar-refractivity contribution in [3.63, 3.8) is 0 Å². The Morgan fingerprint density at radius 3 is 3.19 bits per heavy atom. The van der Waals surface area contributed by atoms with E-state index in [0.29, 0.717) is 18.5 Å². The quantitative estimate of drug-likeness (QED) is 0.783. The molecule has 1 aromatic heterocycles. The summed E-state index contributed by atoms with van der Waals surface area (Å²) in [5, 5.41) is 6.27. The van der Waals surface area contributed by atoms with E-state index < -0.39 is 0 Å². The highest BCUT2D eigenvalue weighted by Crippen LogP contribution is 2.07. The summed E-state index contributed by atoms with van der Waals surface area (Å²) in [5.41, 5.74) is 0. The van der Waals surface area contributed by atoms with Gasteiger partial charge in [-0.05, 0) is 25.5 Å². The first-order valence-electron chi connectivity index (χ1n) is 5.79. The summed E-state index contributed by atoms with van der Waals surface area (Å²) in [7, 11) is 0. The van der Waals surface area contributed by atoms with Crippen molar-refractivity contribution in [2.45, 2.75) is 38.3 Å². The number of hydrogen-bond donors (Lipinski definition) is 2. The normalized spacial score (nSPS) is 22.1. The first-order valence-corrected chi connectivity index (χ1v) is 5.79. The molecule has 0 aromatic carbocycles. The van der Waals surface area contributed by atoms with Crippen LogP contribution in [0.1, 0.15) is 25.5 Å². The van der Waals surface area contributed by atoms with Gasteiger partial charge in [-0.25, -0.2) is 0 Å². The molecule has 1 saturated heterocycles. The maximum Gasteiger partial charge on any atom is 0.221 e. The van der Waals surface area contributed by atoms with E-state index in [0.717, 1.165) is 25.1 Å². The fourth-order valence-corrected chi connectivity index (χ4v) is 2.02. The monoisotopic (exact) mass is 222 g/mol. The topological polar surface area (TPSA) is 54.3 Å². The Morgan fingerprint density at radius 2 is 2.56 bits per heavy atom. The van der Waals surface area contributed by atoms with E-state index in [1.54, 1.807) is 6.26 Å². The SMILES string of the molecule is CC(CCc1ccco1)NC1CNC(=O)C1. The highest BCUT2D eigenvalue weighted by Gasteiger charge is 2.22. The molecular weight excluding hydrogens is 204 g/mol. The highest BCUT2D eigenvalue weighted by atomic mass is 16.3. The van der Waals surface area contributed by atoms with Gasteiger partial charge < -0.3 is 15.1 Å². The third kappa shape index (κ3) is 3.10. The molecular formula is C12H18N2O2. The van der Waals surface area contributed by atoms with Crippen LogP contribution in [0.2, 0.25) is 0 Å². The third-order valence-corrected chi connectivity index (χ3v) is 2.90. The molecule has 2 N–H and O–H groups in total. The van der Waals surface area contributed by atoms with E-state index in [1.807, 2.05) is 12.1 Å². The second-order valence-electron chi connectivity index (χ2n) is 4.39. The molecule has 0 bridgehead atoms. The van der Waals surface area contributed by atoms with Gasteiger partial charge in [0.2, 0.25) is 5.91 Å². The van der Waals surface area contributed by atoms with Gasteiger partial charge in [-0.15, -0.1) is 0 Å². The Kier molecular flexibility index (Phi) is 3.62. The van der Waals surface area contributed by atoms with Crippen molar-refractivity contribution in [2.75, 3.05) is 6.54 Å². The second-order valence-corrected chi connectivity index (χ2v) is 4.39. The van der Waals surface area contributed by atoms with Crippen molar-refractivity contribution in [1.82, 2.24) is 10.6 Å². The molecule has 0 radical (unpaired) electrons. The van der Waals surface area contributed by atoms with Gasteiger partial charge >= 0.3 is 0 Å². The van der Waals surface area contributed by atoms with Crippen molar-refractivity contribution in [1.29, 1.82) is 0 Å². The van der Waals surface area contributed by atoms with Crippen molar-refractivity contribution >= 4 is 5.91 Å². The molecule has 1 fully saturated rings. The summed E-state index contributed by atoms with van der Waals surface area (Å²) < 4.78 is 5.28. The van der Waals surface area contributed by atoms with E-state index in [1.165, 1.54) is 0 Å². The summed E-state index contributed by atoms with van der Waals surface area (Å²) in [6, 6.07) is 4.60. The fourth-order valence-electron chi connectivity index (χ4n) is 2.02. The number of amides is 1. The molecule has 2 heterocycles. The van der Waals surface area contributed by atoms with Crippen LogP contribution >= 0.6 is 0 Å². The summed E-state index contributed by atoms with van der Waals surface area (Å²) in [6.45, 7) is 2.90. The summed E-state index contributed by atoms with van der Waals surface area (Å²) in [6.07, 6.45) is 4.27. The molecule has 0 spiro atoms. The number of rotatable bonds is 5. The number of aryl methyl sites for hydroxylation is 1. The Labute approximate surface area is 95.4 Å². The molecule has 2 unspecified atom stereocenters. The Bertz CT molecular complexity index is 335. The van der Waals surface area contributed by atoms with Crippen LogP contribution in [-0.2, 0) is 11.2 Å². The molecule has 1 amide bonds. The maximum atomic E-state index is 11.0. The van der Waals surface area contributed by atoms with Gasteiger partial charge in [-0.1, -0.05) is 0 Å². The lowest BCUT2D eigenvalue weighted by molar-refractivity contribution is -0.119.